The first-order chi connectivity index (χ1) is 11.7. The van der Waals surface area contributed by atoms with Crippen molar-refractivity contribution in [3.8, 4) is 11.5 Å². The molecule has 1 atom stereocenters. The molecule has 2 aromatic carbocycles. The number of fused-ring (bicyclic) bond motifs is 2. The predicted molar refractivity (Wildman–Crippen MR) is 91.8 cm³/mol. The molecule has 124 valence electrons. The highest BCUT2D eigenvalue weighted by Crippen LogP contribution is 2.39. The summed E-state index contributed by atoms with van der Waals surface area (Å²) in [6, 6.07) is 11.8. The largest absolute Gasteiger partial charge is 0.486 e. The zero-order valence-corrected chi connectivity index (χ0v) is 13.8. The highest BCUT2D eigenvalue weighted by molar-refractivity contribution is 5.94. The number of nitrogens with one attached hydrogen (secondary N) is 1. The minimum absolute atomic E-state index is 0.0252. The fraction of sp³-hybridized carbons (Fsp3) is 0.350. The Labute approximate surface area is 141 Å². The highest BCUT2D eigenvalue weighted by Gasteiger charge is 2.25. The number of carbonyl (C=O) groups excluding carboxylic acids is 1. The lowest BCUT2D eigenvalue weighted by Crippen LogP contribution is -2.31. The van der Waals surface area contributed by atoms with Gasteiger partial charge in [-0.15, -0.1) is 0 Å². The molecule has 0 radical (unpaired) electrons. The van der Waals surface area contributed by atoms with E-state index < -0.39 is 0 Å². The number of aryl methyl sites for hydroxylation is 2. The van der Waals surface area contributed by atoms with Crippen LogP contribution in [0, 0.1) is 6.92 Å². The smallest absolute Gasteiger partial charge is 0.251 e. The van der Waals surface area contributed by atoms with Crippen LogP contribution in [0.15, 0.2) is 36.4 Å². The normalized spacial score (nSPS) is 18.6. The van der Waals surface area contributed by atoms with E-state index in [0.717, 1.165) is 41.9 Å². The minimum Gasteiger partial charge on any atom is -0.486 e. The van der Waals surface area contributed by atoms with Gasteiger partial charge in [-0.25, -0.2) is 0 Å². The monoisotopic (exact) mass is 323 g/mol. The molecule has 0 bridgehead atoms. The van der Waals surface area contributed by atoms with Gasteiger partial charge in [0.05, 0.1) is 6.04 Å². The summed E-state index contributed by atoms with van der Waals surface area (Å²) in [5, 5.41) is 3.18. The maximum atomic E-state index is 12.6. The molecule has 4 nitrogen and oxygen atoms in total. The molecule has 1 aliphatic carbocycles. The fourth-order valence-electron chi connectivity index (χ4n) is 3.44. The Morgan fingerprint density at radius 2 is 1.79 bits per heavy atom. The molecular formula is C20H21NO3. The van der Waals surface area contributed by atoms with E-state index in [4.69, 9.17) is 9.47 Å². The molecule has 0 saturated carbocycles. The number of amides is 1. The van der Waals surface area contributed by atoms with E-state index in [9.17, 15) is 4.79 Å². The van der Waals surface area contributed by atoms with Crippen LogP contribution in [0.3, 0.4) is 0 Å². The Morgan fingerprint density at radius 3 is 2.54 bits per heavy atom. The zero-order valence-electron chi connectivity index (χ0n) is 13.8. The van der Waals surface area contributed by atoms with Crippen LogP contribution in [-0.2, 0) is 6.42 Å². The molecule has 0 aromatic heterocycles. The fourth-order valence-corrected chi connectivity index (χ4v) is 3.44. The summed E-state index contributed by atoms with van der Waals surface area (Å²) in [6.07, 6.45) is 3.03. The number of carbonyl (C=O) groups is 1. The van der Waals surface area contributed by atoms with Crippen molar-refractivity contribution in [1.29, 1.82) is 0 Å². The maximum absolute atomic E-state index is 12.6. The molecule has 1 unspecified atom stereocenters. The van der Waals surface area contributed by atoms with Crippen molar-refractivity contribution in [2.45, 2.75) is 32.2 Å². The van der Waals surface area contributed by atoms with Crippen molar-refractivity contribution < 1.29 is 14.3 Å². The Kier molecular flexibility index (Phi) is 3.89. The van der Waals surface area contributed by atoms with Crippen LogP contribution in [0.1, 0.15) is 45.9 Å². The second-order valence-corrected chi connectivity index (χ2v) is 6.48. The SMILES string of the molecule is Cc1ccc(C(=O)NC2CCCc3cc4c(cc32)OCCO4)cc1. The van der Waals surface area contributed by atoms with E-state index in [1.165, 1.54) is 5.56 Å². The lowest BCUT2D eigenvalue weighted by molar-refractivity contribution is 0.0932. The van der Waals surface area contributed by atoms with Crippen LogP contribution in [0.5, 0.6) is 11.5 Å². The molecule has 2 aliphatic rings. The summed E-state index contributed by atoms with van der Waals surface area (Å²) in [7, 11) is 0. The Morgan fingerprint density at radius 1 is 1.08 bits per heavy atom. The molecule has 0 fully saturated rings. The summed E-state index contributed by atoms with van der Waals surface area (Å²) >= 11 is 0. The summed E-state index contributed by atoms with van der Waals surface area (Å²) in [5.41, 5.74) is 4.26. The summed E-state index contributed by atoms with van der Waals surface area (Å²) < 4.78 is 11.4. The van der Waals surface area contributed by atoms with Gasteiger partial charge < -0.3 is 14.8 Å². The Balaban J connectivity index is 1.59. The molecule has 0 saturated heterocycles. The third-order valence-corrected chi connectivity index (χ3v) is 4.74. The molecule has 1 aliphatic heterocycles. The van der Waals surface area contributed by atoms with Crippen molar-refractivity contribution in [3.05, 3.63) is 58.7 Å². The highest BCUT2D eigenvalue weighted by atomic mass is 16.6. The number of hydrogen-bond donors (Lipinski definition) is 1. The van der Waals surface area contributed by atoms with Crippen LogP contribution in [0.25, 0.3) is 0 Å². The van der Waals surface area contributed by atoms with E-state index in [-0.39, 0.29) is 11.9 Å². The summed E-state index contributed by atoms with van der Waals surface area (Å²) in [5.74, 6) is 1.59. The second kappa shape index (κ2) is 6.19. The van der Waals surface area contributed by atoms with Crippen molar-refractivity contribution in [2.24, 2.45) is 0 Å². The molecule has 2 aromatic rings. The maximum Gasteiger partial charge on any atom is 0.251 e. The van der Waals surface area contributed by atoms with Gasteiger partial charge in [-0.05, 0) is 61.6 Å². The van der Waals surface area contributed by atoms with Gasteiger partial charge in [-0.3, -0.25) is 4.79 Å². The quantitative estimate of drug-likeness (QED) is 0.919. The van der Waals surface area contributed by atoms with Gasteiger partial charge in [-0.1, -0.05) is 17.7 Å². The van der Waals surface area contributed by atoms with Gasteiger partial charge in [0, 0.05) is 5.56 Å². The van der Waals surface area contributed by atoms with Crippen molar-refractivity contribution >= 4 is 5.91 Å². The summed E-state index contributed by atoms with van der Waals surface area (Å²) in [6.45, 7) is 3.19. The minimum atomic E-state index is -0.0252. The molecular weight excluding hydrogens is 302 g/mol. The van der Waals surface area contributed by atoms with Crippen molar-refractivity contribution in [3.63, 3.8) is 0 Å². The first-order valence-electron chi connectivity index (χ1n) is 8.50. The molecule has 0 spiro atoms. The van der Waals surface area contributed by atoms with Crippen LogP contribution < -0.4 is 14.8 Å². The number of ether oxygens (including phenoxy) is 2. The van der Waals surface area contributed by atoms with E-state index in [0.29, 0.717) is 18.8 Å². The topological polar surface area (TPSA) is 47.6 Å². The van der Waals surface area contributed by atoms with Crippen LogP contribution >= 0.6 is 0 Å². The van der Waals surface area contributed by atoms with Crippen LogP contribution in [0.2, 0.25) is 0 Å². The predicted octanol–water partition coefficient (Wildman–Crippen LogP) is 3.57. The van der Waals surface area contributed by atoms with E-state index in [1.807, 2.05) is 37.3 Å². The van der Waals surface area contributed by atoms with Crippen molar-refractivity contribution in [2.75, 3.05) is 13.2 Å². The lowest BCUT2D eigenvalue weighted by Gasteiger charge is -2.29. The standard InChI is InChI=1S/C20H21NO3/c1-13-5-7-14(8-6-13)20(22)21-17-4-2-3-15-11-18-19(12-16(15)17)24-10-9-23-18/h5-8,11-12,17H,2-4,9-10H2,1H3,(H,21,22). The second-order valence-electron chi connectivity index (χ2n) is 6.48. The molecule has 1 amide bonds. The van der Waals surface area contributed by atoms with Crippen LogP contribution in [-0.4, -0.2) is 19.1 Å². The molecule has 1 N–H and O–H groups in total. The lowest BCUT2D eigenvalue weighted by atomic mass is 9.87. The van der Waals surface area contributed by atoms with Crippen LogP contribution in [0.4, 0.5) is 0 Å². The van der Waals surface area contributed by atoms with Gasteiger partial charge in [0.2, 0.25) is 0 Å². The van der Waals surface area contributed by atoms with Gasteiger partial charge >= 0.3 is 0 Å². The number of benzene rings is 2. The zero-order chi connectivity index (χ0) is 16.5. The summed E-state index contributed by atoms with van der Waals surface area (Å²) in [4.78, 5) is 12.6. The van der Waals surface area contributed by atoms with Gasteiger partial charge in [0.1, 0.15) is 13.2 Å². The average molecular weight is 323 g/mol. The average Bonchev–Trinajstić information content (AvgIpc) is 2.61. The van der Waals surface area contributed by atoms with E-state index in [2.05, 4.69) is 11.4 Å². The third kappa shape index (κ3) is 2.84. The van der Waals surface area contributed by atoms with Gasteiger partial charge in [-0.2, -0.15) is 0 Å². The number of hydrogen-bond acceptors (Lipinski definition) is 3. The molecule has 24 heavy (non-hydrogen) atoms. The van der Waals surface area contributed by atoms with E-state index in [1.54, 1.807) is 0 Å². The molecule has 4 rings (SSSR count). The first-order valence-corrected chi connectivity index (χ1v) is 8.50. The Bertz CT molecular complexity index is 767. The molecule has 1 heterocycles. The molecule has 4 heteroatoms. The Hall–Kier alpha value is -2.49. The van der Waals surface area contributed by atoms with Gasteiger partial charge in [0.15, 0.2) is 11.5 Å². The van der Waals surface area contributed by atoms with Crippen molar-refractivity contribution in [1.82, 2.24) is 5.32 Å². The van der Waals surface area contributed by atoms with E-state index >= 15 is 0 Å². The first kappa shape index (κ1) is 15.1. The third-order valence-electron chi connectivity index (χ3n) is 4.74. The van der Waals surface area contributed by atoms with Gasteiger partial charge in [0.25, 0.3) is 5.91 Å². The number of rotatable bonds is 2.